The minimum atomic E-state index is 0.956. The van der Waals surface area contributed by atoms with Gasteiger partial charge in [-0.15, -0.1) is 0 Å². The second kappa shape index (κ2) is 8.71. The van der Waals surface area contributed by atoms with E-state index in [0.717, 1.165) is 16.8 Å². The van der Waals surface area contributed by atoms with Gasteiger partial charge in [-0.25, -0.2) is 4.98 Å². The lowest BCUT2D eigenvalue weighted by atomic mass is 9.85. The first-order valence-corrected chi connectivity index (χ1v) is 15.8. The summed E-state index contributed by atoms with van der Waals surface area (Å²) in [6.07, 6.45) is 0. The predicted octanol–water partition coefficient (Wildman–Crippen LogP) is 11.3. The van der Waals surface area contributed by atoms with Crippen LogP contribution in [-0.4, -0.2) is 13.8 Å². The maximum Gasteiger partial charge on any atom is 0.220 e. The zero-order chi connectivity index (χ0) is 29.9. The number of rotatable bonds is 2. The van der Waals surface area contributed by atoms with Gasteiger partial charge in [0.2, 0.25) is 5.78 Å². The van der Waals surface area contributed by atoms with Crippen LogP contribution >= 0.6 is 0 Å². The maximum absolute atomic E-state index is 5.21. The molecule has 11 aromatic rings. The third-order valence-electron chi connectivity index (χ3n) is 9.98. The zero-order valence-electron chi connectivity index (χ0n) is 24.8. The number of nitrogens with zero attached hydrogens (tertiary/aromatic N) is 3. The summed E-state index contributed by atoms with van der Waals surface area (Å²) in [5.41, 5.74) is 10.7. The topological polar surface area (TPSA) is 21.7 Å². The molecule has 0 N–H and O–H groups in total. The van der Waals surface area contributed by atoms with Gasteiger partial charge in [0.05, 0.1) is 27.6 Å². The fourth-order valence-electron chi connectivity index (χ4n) is 8.09. The van der Waals surface area contributed by atoms with Crippen molar-refractivity contribution in [3.05, 3.63) is 152 Å². The molecule has 0 spiro atoms. The molecule has 0 saturated heterocycles. The average Bonchev–Trinajstić information content (AvgIpc) is 3.75. The Morgan fingerprint density at radius 2 is 0.957 bits per heavy atom. The van der Waals surface area contributed by atoms with E-state index < -0.39 is 0 Å². The first kappa shape index (κ1) is 24.2. The van der Waals surface area contributed by atoms with E-state index in [1.54, 1.807) is 0 Å². The van der Waals surface area contributed by atoms with Crippen LogP contribution in [-0.2, 0) is 0 Å². The molecule has 3 aromatic heterocycles. The number of para-hydroxylation sites is 2. The van der Waals surface area contributed by atoms with Crippen molar-refractivity contribution in [1.82, 2.24) is 13.8 Å². The summed E-state index contributed by atoms with van der Waals surface area (Å²) in [7, 11) is 0. The molecule has 212 valence electrons. The molecule has 0 aliphatic rings. The number of fused-ring (bicyclic) bond motifs is 11. The quantitative estimate of drug-likeness (QED) is 0.186. The Morgan fingerprint density at radius 1 is 0.370 bits per heavy atom. The highest BCUT2D eigenvalue weighted by Crippen LogP contribution is 2.46. The summed E-state index contributed by atoms with van der Waals surface area (Å²) in [4.78, 5) is 5.21. The second-order valence-electron chi connectivity index (χ2n) is 12.4. The number of benzene rings is 8. The Morgan fingerprint density at radius 3 is 1.67 bits per heavy atom. The van der Waals surface area contributed by atoms with Crippen LogP contribution in [0.5, 0.6) is 0 Å². The van der Waals surface area contributed by atoms with Gasteiger partial charge in [0.25, 0.3) is 0 Å². The fourth-order valence-corrected chi connectivity index (χ4v) is 8.09. The Hall–Kier alpha value is -6.19. The normalized spacial score (nSPS) is 12.3. The molecule has 0 bridgehead atoms. The average molecular weight is 584 g/mol. The molecule has 46 heavy (non-hydrogen) atoms. The molecule has 0 saturated carbocycles. The van der Waals surface area contributed by atoms with E-state index in [4.69, 9.17) is 4.98 Å². The highest BCUT2D eigenvalue weighted by atomic mass is 15.2. The van der Waals surface area contributed by atoms with Gasteiger partial charge in [0.15, 0.2) is 0 Å². The SMILES string of the molecule is c1ccc(-c2c3ccccc3c(-c3cc4c5cc6ccccc6cc5n5c4c(c3)n3c4ccccc4nc35)c3ccccc23)cc1. The van der Waals surface area contributed by atoms with E-state index >= 15 is 0 Å². The van der Waals surface area contributed by atoms with E-state index in [0.29, 0.717) is 0 Å². The zero-order valence-corrected chi connectivity index (χ0v) is 24.8. The van der Waals surface area contributed by atoms with Gasteiger partial charge in [-0.2, -0.15) is 0 Å². The van der Waals surface area contributed by atoms with Gasteiger partial charge in [-0.1, -0.05) is 115 Å². The molecule has 0 aliphatic carbocycles. The van der Waals surface area contributed by atoms with Crippen molar-refractivity contribution in [3.8, 4) is 22.3 Å². The lowest BCUT2D eigenvalue weighted by Gasteiger charge is -2.18. The molecule has 0 amide bonds. The summed E-state index contributed by atoms with van der Waals surface area (Å²) in [6, 6.07) is 55.3. The monoisotopic (exact) mass is 583 g/mol. The maximum atomic E-state index is 5.21. The van der Waals surface area contributed by atoms with Gasteiger partial charge >= 0.3 is 0 Å². The first-order valence-electron chi connectivity index (χ1n) is 15.8. The number of hydrogen-bond acceptors (Lipinski definition) is 1. The Balaban J connectivity index is 1.37. The summed E-state index contributed by atoms with van der Waals surface area (Å²) < 4.78 is 4.74. The molecule has 0 atom stereocenters. The van der Waals surface area contributed by atoms with Crippen molar-refractivity contribution in [3.63, 3.8) is 0 Å². The van der Waals surface area contributed by atoms with Crippen molar-refractivity contribution < 1.29 is 0 Å². The summed E-state index contributed by atoms with van der Waals surface area (Å²) in [6.45, 7) is 0. The van der Waals surface area contributed by atoms with Crippen LogP contribution < -0.4 is 0 Å². The van der Waals surface area contributed by atoms with E-state index in [1.165, 1.54) is 81.9 Å². The smallest absolute Gasteiger partial charge is 0.220 e. The highest BCUT2D eigenvalue weighted by Gasteiger charge is 2.24. The second-order valence-corrected chi connectivity index (χ2v) is 12.4. The third kappa shape index (κ3) is 3.04. The van der Waals surface area contributed by atoms with Crippen LogP contribution in [0, 0.1) is 0 Å². The Bertz CT molecular complexity index is 2960. The molecule has 0 fully saturated rings. The molecular formula is C43H25N3. The van der Waals surface area contributed by atoms with Gasteiger partial charge in [0.1, 0.15) is 0 Å². The molecule has 0 unspecified atom stereocenters. The van der Waals surface area contributed by atoms with Gasteiger partial charge in [0, 0.05) is 10.8 Å². The molecule has 3 heterocycles. The molecule has 3 heteroatoms. The fraction of sp³-hybridized carbons (Fsp3) is 0. The van der Waals surface area contributed by atoms with Crippen molar-refractivity contribution >= 4 is 76.5 Å². The molecular weight excluding hydrogens is 558 g/mol. The molecule has 8 aromatic carbocycles. The highest BCUT2D eigenvalue weighted by molar-refractivity contribution is 6.24. The summed E-state index contributed by atoms with van der Waals surface area (Å²) in [5.74, 6) is 0.956. The van der Waals surface area contributed by atoms with Crippen molar-refractivity contribution in [1.29, 1.82) is 0 Å². The molecule has 0 radical (unpaired) electrons. The number of aromatic nitrogens is 3. The van der Waals surface area contributed by atoms with Crippen LogP contribution in [0.25, 0.3) is 98.7 Å². The van der Waals surface area contributed by atoms with E-state index in [2.05, 4.69) is 160 Å². The minimum absolute atomic E-state index is 0.956. The molecule has 11 rings (SSSR count). The number of imidazole rings is 2. The van der Waals surface area contributed by atoms with Gasteiger partial charge in [-0.3, -0.25) is 8.80 Å². The van der Waals surface area contributed by atoms with Crippen LogP contribution in [0.15, 0.2) is 152 Å². The van der Waals surface area contributed by atoms with Crippen molar-refractivity contribution in [2.24, 2.45) is 0 Å². The van der Waals surface area contributed by atoms with Crippen molar-refractivity contribution in [2.75, 3.05) is 0 Å². The largest absolute Gasteiger partial charge is 0.277 e. The van der Waals surface area contributed by atoms with Crippen LogP contribution in [0.1, 0.15) is 0 Å². The van der Waals surface area contributed by atoms with Crippen LogP contribution in [0.3, 0.4) is 0 Å². The van der Waals surface area contributed by atoms with E-state index in [-0.39, 0.29) is 0 Å². The van der Waals surface area contributed by atoms with E-state index in [9.17, 15) is 0 Å². The summed E-state index contributed by atoms with van der Waals surface area (Å²) in [5, 5.41) is 10.0. The lowest BCUT2D eigenvalue weighted by molar-refractivity contribution is 1.22. The number of hydrogen-bond donors (Lipinski definition) is 0. The Labute approximate surface area is 263 Å². The molecule has 3 nitrogen and oxygen atoms in total. The van der Waals surface area contributed by atoms with E-state index in [1.807, 2.05) is 0 Å². The predicted molar refractivity (Wildman–Crippen MR) is 193 cm³/mol. The Kier molecular flexibility index (Phi) is 4.58. The van der Waals surface area contributed by atoms with Gasteiger partial charge < -0.3 is 0 Å². The minimum Gasteiger partial charge on any atom is -0.277 e. The molecule has 0 aliphatic heterocycles. The standard InChI is InChI=1S/C43H25N3/c1-2-12-26(13-3-1)40-30-16-6-8-18-32(30)41(33-19-9-7-17-31(33)40)29-23-35-34-22-27-14-4-5-15-28(27)24-38(34)46-42(35)39(25-29)45-37-21-11-10-20-36(37)44-43(45)46/h1-25H. The summed E-state index contributed by atoms with van der Waals surface area (Å²) >= 11 is 0. The van der Waals surface area contributed by atoms with Crippen LogP contribution in [0.4, 0.5) is 0 Å². The lowest BCUT2D eigenvalue weighted by Crippen LogP contribution is -1.91. The van der Waals surface area contributed by atoms with Gasteiger partial charge in [-0.05, 0) is 91.0 Å². The van der Waals surface area contributed by atoms with Crippen LogP contribution in [0.2, 0.25) is 0 Å². The first-order chi connectivity index (χ1) is 22.8. The third-order valence-corrected chi connectivity index (χ3v) is 9.98. The van der Waals surface area contributed by atoms with Crippen molar-refractivity contribution in [2.45, 2.75) is 0 Å².